The van der Waals surface area contributed by atoms with E-state index in [4.69, 9.17) is 11.6 Å². The Morgan fingerprint density at radius 1 is 1.15 bits per heavy atom. The number of rotatable bonds is 5. The number of nitrogens with one attached hydrogen (secondary N) is 1. The molecule has 1 N–H and O–H groups in total. The topological polar surface area (TPSA) is 12.0 Å². The third-order valence-corrected chi connectivity index (χ3v) is 4.76. The van der Waals surface area contributed by atoms with Crippen molar-refractivity contribution in [2.75, 3.05) is 6.54 Å². The third-order valence-electron chi connectivity index (χ3n) is 4.53. The molecule has 0 saturated heterocycles. The van der Waals surface area contributed by atoms with Crippen LogP contribution in [0, 0.1) is 5.92 Å². The highest BCUT2D eigenvalue weighted by Gasteiger charge is 2.21. The molecule has 1 nitrogen and oxygen atoms in total. The molecule has 1 aromatic rings. The van der Waals surface area contributed by atoms with Gasteiger partial charge in [-0.25, -0.2) is 0 Å². The Bertz CT molecular complexity index is 383. The number of likely N-dealkylation sites (N-methyl/N-ethyl adjacent to an activating group) is 1. The summed E-state index contributed by atoms with van der Waals surface area (Å²) in [6.07, 6.45) is 11.0. The van der Waals surface area contributed by atoms with E-state index in [2.05, 4.69) is 30.4 Å². The van der Waals surface area contributed by atoms with Gasteiger partial charge >= 0.3 is 0 Å². The molecule has 0 spiro atoms. The van der Waals surface area contributed by atoms with Crippen molar-refractivity contribution in [3.63, 3.8) is 0 Å². The van der Waals surface area contributed by atoms with E-state index in [1.807, 2.05) is 6.07 Å². The number of hydrogen-bond donors (Lipinski definition) is 1. The second-order valence-electron chi connectivity index (χ2n) is 6.10. The average Bonchev–Trinajstić information content (AvgIpc) is 2.38. The van der Waals surface area contributed by atoms with Crippen LogP contribution in [0.4, 0.5) is 0 Å². The van der Waals surface area contributed by atoms with Crippen molar-refractivity contribution in [1.29, 1.82) is 0 Å². The summed E-state index contributed by atoms with van der Waals surface area (Å²) in [6.45, 7) is 3.27. The minimum Gasteiger partial charge on any atom is -0.314 e. The first-order valence-corrected chi connectivity index (χ1v) is 8.65. The fourth-order valence-electron chi connectivity index (χ4n) is 3.48. The van der Waals surface area contributed by atoms with Crippen molar-refractivity contribution >= 4 is 11.6 Å². The molecule has 112 valence electrons. The summed E-state index contributed by atoms with van der Waals surface area (Å²) < 4.78 is 0. The lowest BCUT2D eigenvalue weighted by molar-refractivity contribution is 0.286. The standard InChI is InChI=1S/C18H28ClN/c1-2-20-18(14-15-9-8-12-17(19)13-15)16-10-6-4-3-5-7-11-16/h8-9,12-13,16,18,20H,2-7,10-11,14H2,1H3. The molecule has 0 aliphatic heterocycles. The Balaban J connectivity index is 2.00. The molecule has 1 fully saturated rings. The zero-order valence-electron chi connectivity index (χ0n) is 12.7. The number of hydrogen-bond acceptors (Lipinski definition) is 1. The summed E-state index contributed by atoms with van der Waals surface area (Å²) in [7, 11) is 0. The van der Waals surface area contributed by atoms with Gasteiger partial charge in [-0.15, -0.1) is 0 Å². The minimum atomic E-state index is 0.608. The van der Waals surface area contributed by atoms with Gasteiger partial charge in [0.1, 0.15) is 0 Å². The summed E-state index contributed by atoms with van der Waals surface area (Å²) in [5.41, 5.74) is 1.37. The molecule has 0 amide bonds. The maximum Gasteiger partial charge on any atom is 0.0408 e. The van der Waals surface area contributed by atoms with Crippen molar-refractivity contribution in [3.05, 3.63) is 34.9 Å². The molecule has 20 heavy (non-hydrogen) atoms. The van der Waals surface area contributed by atoms with E-state index in [-0.39, 0.29) is 0 Å². The highest BCUT2D eigenvalue weighted by atomic mass is 35.5. The van der Waals surface area contributed by atoms with Crippen LogP contribution in [0.2, 0.25) is 5.02 Å². The fraction of sp³-hybridized carbons (Fsp3) is 0.667. The Hall–Kier alpha value is -0.530. The molecule has 1 saturated carbocycles. The molecule has 0 heterocycles. The Morgan fingerprint density at radius 2 is 1.85 bits per heavy atom. The van der Waals surface area contributed by atoms with Crippen molar-refractivity contribution in [2.45, 2.75) is 64.3 Å². The normalized spacial score (nSPS) is 19.3. The van der Waals surface area contributed by atoms with E-state index in [0.717, 1.165) is 23.9 Å². The molecular formula is C18H28ClN. The molecule has 0 bridgehead atoms. The molecule has 0 aromatic heterocycles. The lowest BCUT2D eigenvalue weighted by atomic mass is 9.83. The first-order valence-electron chi connectivity index (χ1n) is 8.27. The van der Waals surface area contributed by atoms with Crippen LogP contribution < -0.4 is 5.32 Å². The van der Waals surface area contributed by atoms with Crippen molar-refractivity contribution < 1.29 is 0 Å². The van der Waals surface area contributed by atoms with Gasteiger partial charge in [-0.2, -0.15) is 0 Å². The molecule has 2 heteroatoms. The predicted octanol–water partition coefficient (Wildman–Crippen LogP) is 5.22. The van der Waals surface area contributed by atoms with E-state index >= 15 is 0 Å². The second kappa shape index (κ2) is 8.69. The van der Waals surface area contributed by atoms with Gasteiger partial charge in [0.05, 0.1) is 0 Å². The Morgan fingerprint density at radius 3 is 2.50 bits per heavy atom. The van der Waals surface area contributed by atoms with Gasteiger partial charge in [-0.05, 0) is 49.4 Å². The van der Waals surface area contributed by atoms with Gasteiger partial charge in [0.15, 0.2) is 0 Å². The third kappa shape index (κ3) is 5.10. The van der Waals surface area contributed by atoms with Gasteiger partial charge in [-0.3, -0.25) is 0 Å². The molecule has 0 radical (unpaired) electrons. The van der Waals surface area contributed by atoms with Crippen molar-refractivity contribution in [1.82, 2.24) is 5.32 Å². The molecule has 2 rings (SSSR count). The summed E-state index contributed by atoms with van der Waals surface area (Å²) in [5.74, 6) is 0.828. The van der Waals surface area contributed by atoms with Crippen LogP contribution in [0.25, 0.3) is 0 Å². The molecule has 1 unspecified atom stereocenters. The quantitative estimate of drug-likeness (QED) is 0.785. The van der Waals surface area contributed by atoms with Gasteiger partial charge in [-0.1, -0.05) is 62.8 Å². The van der Waals surface area contributed by atoms with Gasteiger partial charge in [0.25, 0.3) is 0 Å². The van der Waals surface area contributed by atoms with Crippen LogP contribution in [-0.4, -0.2) is 12.6 Å². The Kier molecular flexibility index (Phi) is 6.89. The van der Waals surface area contributed by atoms with Crippen LogP contribution in [-0.2, 0) is 6.42 Å². The first kappa shape index (κ1) is 15.9. The van der Waals surface area contributed by atoms with Crippen LogP contribution in [0.5, 0.6) is 0 Å². The SMILES string of the molecule is CCNC(Cc1cccc(Cl)c1)C1CCCCCCC1. The fourth-order valence-corrected chi connectivity index (χ4v) is 3.69. The summed E-state index contributed by atoms with van der Waals surface area (Å²) >= 11 is 6.12. The lowest BCUT2D eigenvalue weighted by Gasteiger charge is -2.29. The van der Waals surface area contributed by atoms with Crippen LogP contribution in [0.1, 0.15) is 57.4 Å². The van der Waals surface area contributed by atoms with Gasteiger partial charge < -0.3 is 5.32 Å². The highest BCUT2D eigenvalue weighted by molar-refractivity contribution is 6.30. The minimum absolute atomic E-state index is 0.608. The lowest BCUT2D eigenvalue weighted by Crippen LogP contribution is -2.38. The summed E-state index contributed by atoms with van der Waals surface area (Å²) in [5, 5.41) is 4.58. The molecule has 1 aliphatic carbocycles. The number of benzene rings is 1. The zero-order valence-corrected chi connectivity index (χ0v) is 13.5. The van der Waals surface area contributed by atoms with E-state index in [1.165, 1.54) is 50.5 Å². The summed E-state index contributed by atoms with van der Waals surface area (Å²) in [6, 6.07) is 8.96. The first-order chi connectivity index (χ1) is 9.79. The van der Waals surface area contributed by atoms with E-state index in [0.29, 0.717) is 6.04 Å². The average molecular weight is 294 g/mol. The van der Waals surface area contributed by atoms with Gasteiger partial charge in [0, 0.05) is 11.1 Å². The zero-order chi connectivity index (χ0) is 14.2. The van der Waals surface area contributed by atoms with E-state index in [9.17, 15) is 0 Å². The smallest absolute Gasteiger partial charge is 0.0408 e. The monoisotopic (exact) mass is 293 g/mol. The maximum atomic E-state index is 6.12. The second-order valence-corrected chi connectivity index (χ2v) is 6.54. The van der Waals surface area contributed by atoms with Crippen molar-refractivity contribution in [2.24, 2.45) is 5.92 Å². The molecule has 1 aliphatic rings. The largest absolute Gasteiger partial charge is 0.314 e. The Labute approximate surface area is 129 Å². The highest BCUT2D eigenvalue weighted by Crippen LogP contribution is 2.27. The van der Waals surface area contributed by atoms with Crippen LogP contribution in [0.15, 0.2) is 24.3 Å². The maximum absolute atomic E-state index is 6.12. The molecule has 1 atom stereocenters. The predicted molar refractivity (Wildman–Crippen MR) is 88.4 cm³/mol. The summed E-state index contributed by atoms with van der Waals surface area (Å²) in [4.78, 5) is 0. The van der Waals surface area contributed by atoms with Crippen molar-refractivity contribution in [3.8, 4) is 0 Å². The number of halogens is 1. The van der Waals surface area contributed by atoms with Crippen LogP contribution >= 0.6 is 11.6 Å². The van der Waals surface area contributed by atoms with Gasteiger partial charge in [0.2, 0.25) is 0 Å². The van der Waals surface area contributed by atoms with Crippen LogP contribution in [0.3, 0.4) is 0 Å². The molecule has 1 aromatic carbocycles. The molecular weight excluding hydrogens is 266 g/mol. The van der Waals surface area contributed by atoms with E-state index in [1.54, 1.807) is 0 Å². The van der Waals surface area contributed by atoms with E-state index < -0.39 is 0 Å².